The van der Waals surface area contributed by atoms with Crippen LogP contribution in [0, 0.1) is 10.1 Å². The van der Waals surface area contributed by atoms with Crippen molar-refractivity contribution in [2.45, 2.75) is 19.4 Å². The van der Waals surface area contributed by atoms with E-state index in [-0.39, 0.29) is 23.5 Å². The Kier molecular flexibility index (Phi) is 3.61. The van der Waals surface area contributed by atoms with Crippen molar-refractivity contribution in [1.82, 2.24) is 15.2 Å². The van der Waals surface area contributed by atoms with Gasteiger partial charge in [0.2, 0.25) is 0 Å². The van der Waals surface area contributed by atoms with E-state index in [0.717, 1.165) is 19.5 Å². The molecule has 7 heteroatoms. The van der Waals surface area contributed by atoms with E-state index in [1.54, 1.807) is 4.90 Å². The molecule has 2 rings (SSSR count). The van der Waals surface area contributed by atoms with Gasteiger partial charge in [-0.25, -0.2) is 4.98 Å². The third-order valence-electron chi connectivity index (χ3n) is 3.02. The molecular weight excluding hydrogens is 236 g/mol. The predicted molar refractivity (Wildman–Crippen MR) is 65.4 cm³/mol. The summed E-state index contributed by atoms with van der Waals surface area (Å²) in [5.41, 5.74) is 0.280. The van der Waals surface area contributed by atoms with Crippen molar-refractivity contribution < 1.29 is 9.72 Å². The van der Waals surface area contributed by atoms with Gasteiger partial charge >= 0.3 is 5.82 Å². The highest BCUT2D eigenvalue weighted by molar-refractivity contribution is 5.93. The van der Waals surface area contributed by atoms with Crippen molar-refractivity contribution in [3.05, 3.63) is 27.9 Å². The van der Waals surface area contributed by atoms with E-state index in [1.165, 1.54) is 12.1 Å². The summed E-state index contributed by atoms with van der Waals surface area (Å²) < 4.78 is 0. The lowest BCUT2D eigenvalue weighted by Gasteiger charge is -2.37. The summed E-state index contributed by atoms with van der Waals surface area (Å²) in [4.78, 5) is 26.6. The van der Waals surface area contributed by atoms with E-state index in [9.17, 15) is 14.9 Å². The van der Waals surface area contributed by atoms with Gasteiger partial charge in [0, 0.05) is 25.7 Å². The first-order chi connectivity index (χ1) is 8.63. The van der Waals surface area contributed by atoms with Crippen LogP contribution >= 0.6 is 0 Å². The molecule has 0 saturated carbocycles. The van der Waals surface area contributed by atoms with Crippen LogP contribution in [0.5, 0.6) is 0 Å². The Morgan fingerprint density at radius 1 is 1.56 bits per heavy atom. The molecule has 1 aliphatic heterocycles. The van der Waals surface area contributed by atoms with E-state index in [0.29, 0.717) is 6.54 Å². The Hall–Kier alpha value is -1.89. The minimum absolute atomic E-state index is 0.151. The zero-order valence-corrected chi connectivity index (χ0v) is 10.2. The molecule has 0 unspecified atom stereocenters. The maximum atomic E-state index is 12.2. The highest BCUT2D eigenvalue weighted by atomic mass is 16.6. The topological polar surface area (TPSA) is 91.3 Å². The second kappa shape index (κ2) is 5.18. The molecule has 0 radical (unpaired) electrons. The molecule has 0 spiro atoms. The highest BCUT2D eigenvalue weighted by Gasteiger charge is 2.30. The Morgan fingerprint density at radius 3 is 2.72 bits per heavy atom. The minimum Gasteiger partial charge on any atom is -0.358 e. The van der Waals surface area contributed by atoms with Crippen molar-refractivity contribution >= 4 is 11.7 Å². The van der Waals surface area contributed by atoms with Crippen molar-refractivity contribution in [3.8, 4) is 0 Å². The molecule has 0 atom stereocenters. The standard InChI is InChI=1S/C11H16N4O3/c1-2-5-14(8-6-12-7-8)11(16)9-3-4-10(13-9)15(17)18/h3-4,8,12-13H,2,5-7H2,1H3. The average Bonchev–Trinajstić information content (AvgIpc) is 2.74. The van der Waals surface area contributed by atoms with Gasteiger partial charge in [0.25, 0.3) is 5.91 Å². The zero-order chi connectivity index (χ0) is 13.1. The van der Waals surface area contributed by atoms with Crippen molar-refractivity contribution in [2.75, 3.05) is 19.6 Å². The van der Waals surface area contributed by atoms with Crippen LogP contribution in [0.2, 0.25) is 0 Å². The Balaban J connectivity index is 2.13. The number of nitrogens with one attached hydrogen (secondary N) is 2. The number of hydrogen-bond acceptors (Lipinski definition) is 4. The van der Waals surface area contributed by atoms with Gasteiger partial charge in [-0.05, 0) is 17.4 Å². The highest BCUT2D eigenvalue weighted by Crippen LogP contribution is 2.15. The zero-order valence-electron chi connectivity index (χ0n) is 10.2. The lowest BCUT2D eigenvalue weighted by atomic mass is 10.1. The first kappa shape index (κ1) is 12.6. The maximum absolute atomic E-state index is 12.2. The second-order valence-electron chi connectivity index (χ2n) is 4.32. The lowest BCUT2D eigenvalue weighted by molar-refractivity contribution is -0.389. The van der Waals surface area contributed by atoms with Gasteiger partial charge in [-0.15, -0.1) is 0 Å². The van der Waals surface area contributed by atoms with Crippen LogP contribution in [-0.2, 0) is 0 Å². The number of nitro groups is 1. The molecule has 2 N–H and O–H groups in total. The number of carbonyl (C=O) groups excluding carboxylic acids is 1. The van der Waals surface area contributed by atoms with Gasteiger partial charge in [0.1, 0.15) is 0 Å². The van der Waals surface area contributed by atoms with Crippen molar-refractivity contribution in [2.24, 2.45) is 0 Å². The van der Waals surface area contributed by atoms with Crippen LogP contribution in [0.1, 0.15) is 23.8 Å². The minimum atomic E-state index is -0.536. The van der Waals surface area contributed by atoms with E-state index >= 15 is 0 Å². The Bertz CT molecular complexity index is 453. The smallest absolute Gasteiger partial charge is 0.321 e. The van der Waals surface area contributed by atoms with Crippen molar-refractivity contribution in [3.63, 3.8) is 0 Å². The summed E-state index contributed by atoms with van der Waals surface area (Å²) in [7, 11) is 0. The molecule has 0 bridgehead atoms. The van der Waals surface area contributed by atoms with Gasteiger partial charge in [0.15, 0.2) is 5.69 Å². The van der Waals surface area contributed by atoms with E-state index in [2.05, 4.69) is 10.3 Å². The number of rotatable bonds is 5. The molecule has 7 nitrogen and oxygen atoms in total. The van der Waals surface area contributed by atoms with E-state index in [1.807, 2.05) is 6.92 Å². The molecule has 1 amide bonds. The molecule has 1 saturated heterocycles. The van der Waals surface area contributed by atoms with Gasteiger partial charge < -0.3 is 20.3 Å². The molecular formula is C11H16N4O3. The van der Waals surface area contributed by atoms with Gasteiger partial charge in [0.05, 0.1) is 6.04 Å². The largest absolute Gasteiger partial charge is 0.358 e. The second-order valence-corrected chi connectivity index (χ2v) is 4.32. The van der Waals surface area contributed by atoms with Crippen LogP contribution in [0.15, 0.2) is 12.1 Å². The average molecular weight is 252 g/mol. The summed E-state index contributed by atoms with van der Waals surface area (Å²) in [5, 5.41) is 13.7. The molecule has 1 aliphatic rings. The number of H-pyrrole nitrogens is 1. The molecule has 1 aromatic heterocycles. The lowest BCUT2D eigenvalue weighted by Crippen LogP contribution is -2.59. The third-order valence-corrected chi connectivity index (χ3v) is 3.02. The monoisotopic (exact) mass is 252 g/mol. The van der Waals surface area contributed by atoms with Crippen molar-refractivity contribution in [1.29, 1.82) is 0 Å². The van der Waals surface area contributed by atoms with Gasteiger partial charge in [-0.1, -0.05) is 6.92 Å². The number of aromatic nitrogens is 1. The number of aromatic amines is 1. The normalized spacial score (nSPS) is 15.2. The number of amides is 1. The SMILES string of the molecule is CCCN(C(=O)c1ccc([N+](=O)[O-])[nH]1)C1CNC1. The predicted octanol–water partition coefficient (Wildman–Crippen LogP) is 0.747. The first-order valence-corrected chi connectivity index (χ1v) is 5.98. The van der Waals surface area contributed by atoms with Crippen LogP contribution in [-0.4, -0.2) is 46.4 Å². The fourth-order valence-electron chi connectivity index (χ4n) is 1.95. The molecule has 98 valence electrons. The number of carbonyl (C=O) groups is 1. The van der Waals surface area contributed by atoms with E-state index < -0.39 is 4.92 Å². The number of nitrogens with zero attached hydrogens (tertiary/aromatic N) is 2. The van der Waals surface area contributed by atoms with Crippen LogP contribution in [0.25, 0.3) is 0 Å². The molecule has 2 heterocycles. The Morgan fingerprint density at radius 2 is 2.28 bits per heavy atom. The van der Waals surface area contributed by atoms with Gasteiger partial charge in [-0.2, -0.15) is 0 Å². The summed E-state index contributed by atoms with van der Waals surface area (Å²) in [5.74, 6) is -0.321. The first-order valence-electron chi connectivity index (χ1n) is 5.98. The fraction of sp³-hybridized carbons (Fsp3) is 0.545. The molecule has 1 fully saturated rings. The Labute approximate surface area is 104 Å². The molecule has 0 aromatic carbocycles. The summed E-state index contributed by atoms with van der Waals surface area (Å²) in [6.45, 7) is 4.24. The van der Waals surface area contributed by atoms with Crippen LogP contribution in [0.3, 0.4) is 0 Å². The fourth-order valence-corrected chi connectivity index (χ4v) is 1.95. The summed E-state index contributed by atoms with van der Waals surface area (Å²) >= 11 is 0. The quantitative estimate of drug-likeness (QED) is 0.597. The van der Waals surface area contributed by atoms with Crippen LogP contribution < -0.4 is 5.32 Å². The van der Waals surface area contributed by atoms with E-state index in [4.69, 9.17) is 0 Å². The molecule has 0 aliphatic carbocycles. The van der Waals surface area contributed by atoms with Crippen LogP contribution in [0.4, 0.5) is 5.82 Å². The van der Waals surface area contributed by atoms with Gasteiger partial charge in [-0.3, -0.25) is 4.79 Å². The number of hydrogen-bond donors (Lipinski definition) is 2. The molecule has 1 aromatic rings. The summed E-state index contributed by atoms with van der Waals surface area (Å²) in [6, 6.07) is 2.98. The summed E-state index contributed by atoms with van der Waals surface area (Å²) in [6.07, 6.45) is 0.866. The maximum Gasteiger partial charge on any atom is 0.321 e. The molecule has 18 heavy (non-hydrogen) atoms. The third kappa shape index (κ3) is 2.35.